The molecule has 0 spiro atoms. The zero-order valence-electron chi connectivity index (χ0n) is 7.27. The Morgan fingerprint density at radius 3 is 2.50 bits per heavy atom. The Hall–Kier alpha value is -0.740. The fourth-order valence-corrected chi connectivity index (χ4v) is 1.20. The van der Waals surface area contributed by atoms with Crippen molar-refractivity contribution < 1.29 is 18.3 Å². The van der Waals surface area contributed by atoms with Crippen LogP contribution in [0.3, 0.4) is 0 Å². The Morgan fingerprint density at radius 2 is 2.00 bits per heavy atom. The van der Waals surface area contributed by atoms with Crippen LogP contribution in [0.1, 0.15) is 17.2 Å². The van der Waals surface area contributed by atoms with E-state index in [0.717, 1.165) is 12.1 Å². The highest BCUT2D eigenvalue weighted by atomic mass is 35.5. The molecule has 0 aliphatic rings. The average Bonchev–Trinajstić information content (AvgIpc) is 2.06. The SMILES string of the molecule is Cc1ccc(F)cc1C(O)C(F)(F)Cl. The molecule has 1 N–H and O–H groups in total. The van der Waals surface area contributed by atoms with E-state index in [2.05, 4.69) is 11.6 Å². The van der Waals surface area contributed by atoms with Crippen LogP contribution in [0.2, 0.25) is 0 Å². The van der Waals surface area contributed by atoms with Crippen molar-refractivity contribution in [2.45, 2.75) is 18.4 Å². The predicted octanol–water partition coefficient (Wildman–Crippen LogP) is 3.00. The molecule has 0 aliphatic carbocycles. The molecule has 0 fully saturated rings. The molecule has 0 radical (unpaired) electrons. The van der Waals surface area contributed by atoms with Gasteiger partial charge in [0.25, 0.3) is 0 Å². The van der Waals surface area contributed by atoms with Crippen molar-refractivity contribution in [1.82, 2.24) is 0 Å². The van der Waals surface area contributed by atoms with Crippen molar-refractivity contribution >= 4 is 11.6 Å². The van der Waals surface area contributed by atoms with Gasteiger partial charge in [0.2, 0.25) is 0 Å². The quantitative estimate of drug-likeness (QED) is 0.766. The van der Waals surface area contributed by atoms with Crippen LogP contribution in [0, 0.1) is 12.7 Å². The topological polar surface area (TPSA) is 20.2 Å². The molecule has 1 rings (SSSR count). The van der Waals surface area contributed by atoms with Gasteiger partial charge in [-0.2, -0.15) is 8.78 Å². The first-order chi connectivity index (χ1) is 6.32. The van der Waals surface area contributed by atoms with Gasteiger partial charge in [-0.05, 0) is 41.8 Å². The summed E-state index contributed by atoms with van der Waals surface area (Å²) >= 11 is 4.64. The van der Waals surface area contributed by atoms with Crippen molar-refractivity contribution in [3.63, 3.8) is 0 Å². The molecule has 0 saturated carbocycles. The number of hydrogen-bond donors (Lipinski definition) is 1. The minimum Gasteiger partial charge on any atom is -0.381 e. The molecular weight excluding hydrogens is 217 g/mol. The lowest BCUT2D eigenvalue weighted by Crippen LogP contribution is -2.19. The zero-order valence-corrected chi connectivity index (χ0v) is 8.02. The Morgan fingerprint density at radius 1 is 1.43 bits per heavy atom. The summed E-state index contributed by atoms with van der Waals surface area (Å²) < 4.78 is 37.7. The molecule has 0 aromatic heterocycles. The Bertz CT molecular complexity index is 335. The van der Waals surface area contributed by atoms with Crippen LogP contribution in [-0.2, 0) is 0 Å². The summed E-state index contributed by atoms with van der Waals surface area (Å²) in [6.45, 7) is 1.49. The smallest absolute Gasteiger partial charge is 0.351 e. The molecule has 0 saturated heterocycles. The first kappa shape index (κ1) is 11.3. The highest BCUT2D eigenvalue weighted by molar-refractivity contribution is 6.22. The number of hydrogen-bond acceptors (Lipinski definition) is 1. The van der Waals surface area contributed by atoms with E-state index in [-0.39, 0.29) is 5.56 Å². The fourth-order valence-electron chi connectivity index (χ4n) is 1.08. The van der Waals surface area contributed by atoms with Gasteiger partial charge in [0.15, 0.2) is 6.10 Å². The summed E-state index contributed by atoms with van der Waals surface area (Å²) in [5.41, 5.74) is 0.157. The van der Waals surface area contributed by atoms with E-state index in [1.54, 1.807) is 0 Å². The number of benzene rings is 1. The molecule has 0 amide bonds. The van der Waals surface area contributed by atoms with E-state index in [1.165, 1.54) is 13.0 Å². The largest absolute Gasteiger partial charge is 0.381 e. The van der Waals surface area contributed by atoms with Gasteiger partial charge < -0.3 is 5.11 Å². The average molecular weight is 225 g/mol. The molecule has 1 aromatic rings. The zero-order chi connectivity index (χ0) is 10.9. The van der Waals surface area contributed by atoms with Crippen LogP contribution < -0.4 is 0 Å². The number of halogens is 4. The minimum atomic E-state index is -3.79. The second-order valence-electron chi connectivity index (χ2n) is 2.95. The molecule has 0 aliphatic heterocycles. The Balaban J connectivity index is 3.12. The normalized spacial score (nSPS) is 14.1. The van der Waals surface area contributed by atoms with Crippen molar-refractivity contribution in [1.29, 1.82) is 0 Å². The van der Waals surface area contributed by atoms with Gasteiger partial charge in [0.1, 0.15) is 5.82 Å². The van der Waals surface area contributed by atoms with E-state index >= 15 is 0 Å². The summed E-state index contributed by atoms with van der Waals surface area (Å²) in [4.78, 5) is 0. The summed E-state index contributed by atoms with van der Waals surface area (Å²) in [5, 5.41) is 5.32. The van der Waals surface area contributed by atoms with E-state index in [1.807, 2.05) is 0 Å². The molecular formula is C9H8ClF3O. The summed E-state index contributed by atoms with van der Waals surface area (Å²) in [6.07, 6.45) is -2.19. The first-order valence-electron chi connectivity index (χ1n) is 3.83. The van der Waals surface area contributed by atoms with Gasteiger partial charge in [0.05, 0.1) is 0 Å². The molecule has 5 heteroatoms. The van der Waals surface area contributed by atoms with Crippen molar-refractivity contribution in [2.24, 2.45) is 0 Å². The third kappa shape index (κ3) is 2.39. The van der Waals surface area contributed by atoms with Crippen LogP contribution in [0.5, 0.6) is 0 Å². The van der Waals surface area contributed by atoms with Crippen molar-refractivity contribution in [2.75, 3.05) is 0 Å². The maximum absolute atomic E-state index is 12.7. The second kappa shape index (κ2) is 3.79. The minimum absolute atomic E-state index is 0.204. The highest BCUT2D eigenvalue weighted by Crippen LogP contribution is 2.36. The van der Waals surface area contributed by atoms with Crippen LogP contribution in [0.15, 0.2) is 18.2 Å². The number of aliphatic hydroxyl groups excluding tert-OH is 1. The lowest BCUT2D eigenvalue weighted by molar-refractivity contribution is -0.0428. The van der Waals surface area contributed by atoms with Crippen molar-refractivity contribution in [3.05, 3.63) is 35.1 Å². The standard InChI is InChI=1S/C9H8ClF3O/c1-5-2-3-6(11)4-7(5)8(14)9(10,12)13/h2-4,8,14H,1H3. The Labute approximate surface area is 84.1 Å². The van der Waals surface area contributed by atoms with Gasteiger partial charge in [-0.25, -0.2) is 4.39 Å². The molecule has 0 bridgehead atoms. The monoisotopic (exact) mass is 224 g/mol. The molecule has 1 atom stereocenters. The number of rotatable bonds is 2. The molecule has 1 nitrogen and oxygen atoms in total. The van der Waals surface area contributed by atoms with Crippen LogP contribution in [0.25, 0.3) is 0 Å². The van der Waals surface area contributed by atoms with Crippen LogP contribution in [0.4, 0.5) is 13.2 Å². The number of aryl methyl sites for hydroxylation is 1. The van der Waals surface area contributed by atoms with Gasteiger partial charge in [-0.3, -0.25) is 0 Å². The third-order valence-corrected chi connectivity index (χ3v) is 2.05. The van der Waals surface area contributed by atoms with Crippen LogP contribution >= 0.6 is 11.6 Å². The molecule has 1 aromatic carbocycles. The number of alkyl halides is 3. The third-order valence-electron chi connectivity index (χ3n) is 1.85. The van der Waals surface area contributed by atoms with Gasteiger partial charge in [-0.1, -0.05) is 6.07 Å². The molecule has 1 unspecified atom stereocenters. The summed E-state index contributed by atoms with van der Waals surface area (Å²) in [7, 11) is 0. The second-order valence-corrected chi connectivity index (χ2v) is 3.45. The van der Waals surface area contributed by atoms with Gasteiger partial charge in [0, 0.05) is 0 Å². The van der Waals surface area contributed by atoms with Gasteiger partial charge >= 0.3 is 5.38 Å². The molecule has 0 heterocycles. The van der Waals surface area contributed by atoms with E-state index < -0.39 is 17.3 Å². The van der Waals surface area contributed by atoms with E-state index in [4.69, 9.17) is 5.11 Å². The predicted molar refractivity (Wildman–Crippen MR) is 46.9 cm³/mol. The fraction of sp³-hybridized carbons (Fsp3) is 0.333. The Kier molecular flexibility index (Phi) is 3.07. The van der Waals surface area contributed by atoms with E-state index in [9.17, 15) is 13.2 Å². The lowest BCUT2D eigenvalue weighted by atomic mass is 10.0. The number of aliphatic hydroxyl groups is 1. The highest BCUT2D eigenvalue weighted by Gasteiger charge is 2.37. The molecule has 14 heavy (non-hydrogen) atoms. The van der Waals surface area contributed by atoms with Crippen LogP contribution in [-0.4, -0.2) is 10.5 Å². The summed E-state index contributed by atoms with van der Waals surface area (Å²) in [6, 6.07) is 3.27. The van der Waals surface area contributed by atoms with E-state index in [0.29, 0.717) is 5.56 Å². The molecule has 78 valence electrons. The summed E-state index contributed by atoms with van der Waals surface area (Å²) in [5.74, 6) is -0.689. The van der Waals surface area contributed by atoms with Crippen molar-refractivity contribution in [3.8, 4) is 0 Å². The maximum atomic E-state index is 12.7. The first-order valence-corrected chi connectivity index (χ1v) is 4.21. The van der Waals surface area contributed by atoms with Gasteiger partial charge in [-0.15, -0.1) is 0 Å². The maximum Gasteiger partial charge on any atom is 0.351 e. The lowest BCUT2D eigenvalue weighted by Gasteiger charge is -2.18.